The van der Waals surface area contributed by atoms with Crippen molar-refractivity contribution in [1.82, 2.24) is 35.2 Å². The van der Waals surface area contributed by atoms with Gasteiger partial charge in [0.1, 0.15) is 6.33 Å². The molecule has 9 heteroatoms. The summed E-state index contributed by atoms with van der Waals surface area (Å²) >= 11 is 0. The molecule has 0 aliphatic carbocycles. The Labute approximate surface area is 167 Å². The van der Waals surface area contributed by atoms with Gasteiger partial charge in [0.2, 0.25) is 0 Å². The molecule has 0 bridgehead atoms. The Morgan fingerprint density at radius 1 is 1.14 bits per heavy atom. The van der Waals surface area contributed by atoms with E-state index in [4.69, 9.17) is 0 Å². The fourth-order valence-electron chi connectivity index (χ4n) is 3.44. The van der Waals surface area contributed by atoms with Crippen LogP contribution in [0.5, 0.6) is 0 Å². The second kappa shape index (κ2) is 8.59. The van der Waals surface area contributed by atoms with Crippen molar-refractivity contribution in [2.24, 2.45) is 0 Å². The second-order valence-electron chi connectivity index (χ2n) is 6.92. The molecule has 1 aliphatic rings. The molecule has 0 saturated carbocycles. The van der Waals surface area contributed by atoms with E-state index in [2.05, 4.69) is 25.6 Å². The van der Waals surface area contributed by atoms with Crippen LogP contribution in [0.2, 0.25) is 0 Å². The smallest absolute Gasteiger partial charge is 0.273 e. The normalized spacial score (nSPS) is 16.0. The van der Waals surface area contributed by atoms with Gasteiger partial charge < -0.3 is 10.2 Å². The molecule has 29 heavy (non-hydrogen) atoms. The molecule has 0 spiro atoms. The minimum atomic E-state index is -0.277. The summed E-state index contributed by atoms with van der Waals surface area (Å²) < 4.78 is 1.62. The Bertz CT molecular complexity index is 975. The zero-order valence-corrected chi connectivity index (χ0v) is 15.8. The van der Waals surface area contributed by atoms with Gasteiger partial charge in [-0.1, -0.05) is 35.5 Å². The Kier molecular flexibility index (Phi) is 5.55. The summed E-state index contributed by atoms with van der Waals surface area (Å²) in [7, 11) is 0. The van der Waals surface area contributed by atoms with Crippen molar-refractivity contribution in [3.8, 4) is 0 Å². The SMILES string of the molecule is O=C(NCc1ccccc1)c1cn(C[C@@H]2CCCN2C(=O)c2cncnc2)nn1. The van der Waals surface area contributed by atoms with E-state index in [1.54, 1.807) is 10.9 Å². The van der Waals surface area contributed by atoms with Crippen molar-refractivity contribution < 1.29 is 9.59 Å². The number of nitrogens with zero attached hydrogens (tertiary/aromatic N) is 6. The fraction of sp³-hybridized carbons (Fsp3) is 0.300. The zero-order chi connectivity index (χ0) is 20.1. The van der Waals surface area contributed by atoms with Crippen molar-refractivity contribution in [3.05, 3.63) is 72.1 Å². The van der Waals surface area contributed by atoms with Gasteiger partial charge in [-0.3, -0.25) is 9.59 Å². The summed E-state index contributed by atoms with van der Waals surface area (Å²) in [6.45, 7) is 1.59. The summed E-state index contributed by atoms with van der Waals surface area (Å²) in [5, 5.41) is 10.9. The average molecular weight is 391 g/mol. The van der Waals surface area contributed by atoms with Gasteiger partial charge in [-0.25, -0.2) is 14.6 Å². The molecular weight excluding hydrogens is 370 g/mol. The number of hydrogen-bond donors (Lipinski definition) is 1. The van der Waals surface area contributed by atoms with Gasteiger partial charge in [-0.15, -0.1) is 5.10 Å². The highest BCUT2D eigenvalue weighted by Gasteiger charge is 2.30. The summed E-state index contributed by atoms with van der Waals surface area (Å²) in [4.78, 5) is 34.7. The topological polar surface area (TPSA) is 106 Å². The third-order valence-corrected chi connectivity index (χ3v) is 4.91. The molecule has 2 amide bonds. The number of nitrogens with one attached hydrogen (secondary N) is 1. The van der Waals surface area contributed by atoms with Gasteiger partial charge in [0.25, 0.3) is 11.8 Å². The number of amides is 2. The van der Waals surface area contributed by atoms with E-state index in [0.717, 1.165) is 18.4 Å². The maximum atomic E-state index is 12.7. The number of hydrogen-bond acceptors (Lipinski definition) is 6. The van der Waals surface area contributed by atoms with Crippen LogP contribution in [0, 0.1) is 0 Å². The van der Waals surface area contributed by atoms with E-state index in [1.165, 1.54) is 18.7 Å². The lowest BCUT2D eigenvalue weighted by molar-refractivity contribution is 0.0720. The van der Waals surface area contributed by atoms with Crippen molar-refractivity contribution in [3.63, 3.8) is 0 Å². The lowest BCUT2D eigenvalue weighted by Gasteiger charge is -2.24. The lowest BCUT2D eigenvalue weighted by Crippen LogP contribution is -2.38. The molecule has 1 saturated heterocycles. The molecule has 148 valence electrons. The molecule has 2 aromatic heterocycles. The van der Waals surface area contributed by atoms with E-state index in [1.807, 2.05) is 35.2 Å². The molecule has 1 fully saturated rings. The number of carbonyl (C=O) groups excluding carboxylic acids is 2. The molecule has 3 aromatic rings. The first-order chi connectivity index (χ1) is 14.2. The van der Waals surface area contributed by atoms with E-state index >= 15 is 0 Å². The first-order valence-corrected chi connectivity index (χ1v) is 9.49. The molecule has 3 heterocycles. The second-order valence-corrected chi connectivity index (χ2v) is 6.92. The summed E-state index contributed by atoms with van der Waals surface area (Å²) in [6.07, 6.45) is 7.85. The first kappa shape index (κ1) is 18.7. The van der Waals surface area contributed by atoms with Crippen LogP contribution in [0.3, 0.4) is 0 Å². The Morgan fingerprint density at radius 3 is 2.72 bits per heavy atom. The van der Waals surface area contributed by atoms with Crippen LogP contribution >= 0.6 is 0 Å². The van der Waals surface area contributed by atoms with Crippen LogP contribution in [0.4, 0.5) is 0 Å². The van der Waals surface area contributed by atoms with Crippen LogP contribution < -0.4 is 5.32 Å². The lowest BCUT2D eigenvalue weighted by atomic mass is 10.2. The van der Waals surface area contributed by atoms with Gasteiger partial charge in [0.05, 0.1) is 24.3 Å². The fourth-order valence-corrected chi connectivity index (χ4v) is 3.44. The molecule has 0 unspecified atom stereocenters. The van der Waals surface area contributed by atoms with Gasteiger partial charge in [-0.05, 0) is 18.4 Å². The average Bonchev–Trinajstić information content (AvgIpc) is 3.43. The van der Waals surface area contributed by atoms with Crippen molar-refractivity contribution in [2.75, 3.05) is 6.54 Å². The quantitative estimate of drug-likeness (QED) is 0.679. The highest BCUT2D eigenvalue weighted by molar-refractivity contribution is 5.94. The summed E-state index contributed by atoms with van der Waals surface area (Å²) in [5.41, 5.74) is 1.74. The number of aromatic nitrogens is 5. The van der Waals surface area contributed by atoms with Crippen LogP contribution in [-0.4, -0.2) is 54.3 Å². The van der Waals surface area contributed by atoms with Gasteiger partial charge in [0, 0.05) is 25.5 Å². The molecule has 9 nitrogen and oxygen atoms in total. The third kappa shape index (κ3) is 4.45. The van der Waals surface area contributed by atoms with Gasteiger partial charge >= 0.3 is 0 Å². The summed E-state index contributed by atoms with van der Waals surface area (Å²) in [6, 6.07) is 9.66. The number of carbonyl (C=O) groups is 2. The minimum absolute atomic E-state index is 0.00960. The molecule has 0 radical (unpaired) electrons. The van der Waals surface area contributed by atoms with Crippen LogP contribution in [0.1, 0.15) is 39.3 Å². The Morgan fingerprint density at radius 2 is 1.93 bits per heavy atom. The predicted octanol–water partition coefficient (Wildman–Crippen LogP) is 1.30. The van der Waals surface area contributed by atoms with Crippen LogP contribution in [-0.2, 0) is 13.1 Å². The molecule has 1 atom stereocenters. The number of benzene rings is 1. The van der Waals surface area contributed by atoms with Crippen LogP contribution in [0.25, 0.3) is 0 Å². The van der Waals surface area contributed by atoms with Crippen LogP contribution in [0.15, 0.2) is 55.2 Å². The van der Waals surface area contributed by atoms with E-state index < -0.39 is 0 Å². The molecule has 4 rings (SSSR count). The van der Waals surface area contributed by atoms with Crippen molar-refractivity contribution in [1.29, 1.82) is 0 Å². The van der Waals surface area contributed by atoms with Gasteiger partial charge in [0.15, 0.2) is 5.69 Å². The first-order valence-electron chi connectivity index (χ1n) is 9.49. The van der Waals surface area contributed by atoms with Crippen molar-refractivity contribution >= 4 is 11.8 Å². The highest BCUT2D eigenvalue weighted by Crippen LogP contribution is 2.21. The summed E-state index contributed by atoms with van der Waals surface area (Å²) in [5.74, 6) is -0.366. The van der Waals surface area contributed by atoms with Crippen molar-refractivity contribution in [2.45, 2.75) is 32.0 Å². The van der Waals surface area contributed by atoms with E-state index in [9.17, 15) is 9.59 Å². The Balaban J connectivity index is 1.37. The monoisotopic (exact) mass is 391 g/mol. The predicted molar refractivity (Wildman–Crippen MR) is 104 cm³/mol. The Hall–Kier alpha value is -3.62. The molecule has 1 N–H and O–H groups in total. The molecular formula is C20H21N7O2. The number of rotatable bonds is 6. The minimum Gasteiger partial charge on any atom is -0.347 e. The maximum absolute atomic E-state index is 12.7. The standard InChI is InChI=1S/C20H21N7O2/c28-19(23-9-15-5-2-1-3-6-15)18-13-26(25-24-18)12-17-7-4-8-27(17)20(29)16-10-21-14-22-11-16/h1-3,5-6,10-11,13-14,17H,4,7-9,12H2,(H,23,28)/t17-/m0/s1. The number of likely N-dealkylation sites (tertiary alicyclic amines) is 1. The van der Waals surface area contributed by atoms with E-state index in [-0.39, 0.29) is 23.6 Å². The highest BCUT2D eigenvalue weighted by atomic mass is 16.2. The van der Waals surface area contributed by atoms with Gasteiger partial charge in [-0.2, -0.15) is 0 Å². The van der Waals surface area contributed by atoms with E-state index in [0.29, 0.717) is 25.2 Å². The molecule has 1 aromatic carbocycles. The third-order valence-electron chi connectivity index (χ3n) is 4.91. The zero-order valence-electron chi connectivity index (χ0n) is 15.8. The largest absolute Gasteiger partial charge is 0.347 e. The molecule has 1 aliphatic heterocycles. The maximum Gasteiger partial charge on any atom is 0.273 e.